The van der Waals surface area contributed by atoms with E-state index in [2.05, 4.69) is 5.32 Å². The van der Waals surface area contributed by atoms with Gasteiger partial charge < -0.3 is 10.2 Å². The van der Waals surface area contributed by atoms with Crippen LogP contribution in [0.1, 0.15) is 55.7 Å². The van der Waals surface area contributed by atoms with Crippen LogP contribution in [0.25, 0.3) is 0 Å². The Morgan fingerprint density at radius 2 is 1.55 bits per heavy atom. The third-order valence-corrected chi connectivity index (χ3v) is 9.29. The van der Waals surface area contributed by atoms with Gasteiger partial charge in [0.25, 0.3) is 10.0 Å². The van der Waals surface area contributed by atoms with Gasteiger partial charge >= 0.3 is 0 Å². The van der Waals surface area contributed by atoms with Crippen molar-refractivity contribution in [3.05, 3.63) is 95.6 Å². The smallest absolute Gasteiger partial charge is 0.264 e. The number of anilines is 1. The molecule has 1 aliphatic rings. The molecule has 1 saturated carbocycles. The molecule has 0 saturated heterocycles. The first kappa shape index (κ1) is 29.3. The average Bonchev–Trinajstić information content (AvgIpc) is 3.46. The highest BCUT2D eigenvalue weighted by Crippen LogP contribution is 2.28. The van der Waals surface area contributed by atoms with Gasteiger partial charge in [-0.1, -0.05) is 86.0 Å². The van der Waals surface area contributed by atoms with Crippen LogP contribution >= 0.6 is 0 Å². The monoisotopic (exact) mass is 561 g/mol. The van der Waals surface area contributed by atoms with Crippen LogP contribution in [0.3, 0.4) is 0 Å². The van der Waals surface area contributed by atoms with Crippen LogP contribution in [0, 0.1) is 13.8 Å². The van der Waals surface area contributed by atoms with Crippen molar-refractivity contribution in [2.24, 2.45) is 0 Å². The fourth-order valence-corrected chi connectivity index (χ4v) is 6.89. The molecule has 1 N–H and O–H groups in total. The molecule has 0 heterocycles. The first-order valence-electron chi connectivity index (χ1n) is 14.0. The van der Waals surface area contributed by atoms with E-state index in [0.29, 0.717) is 12.1 Å². The third-order valence-electron chi connectivity index (χ3n) is 7.51. The van der Waals surface area contributed by atoms with Crippen molar-refractivity contribution in [1.82, 2.24) is 10.2 Å². The van der Waals surface area contributed by atoms with E-state index in [1.54, 1.807) is 24.3 Å². The van der Waals surface area contributed by atoms with Crippen LogP contribution in [-0.4, -0.2) is 43.8 Å². The Balaban J connectivity index is 1.72. The first-order chi connectivity index (χ1) is 19.2. The molecule has 1 atom stereocenters. The molecule has 3 aromatic carbocycles. The summed E-state index contributed by atoms with van der Waals surface area (Å²) in [5, 5.41) is 3.14. The van der Waals surface area contributed by atoms with Crippen LogP contribution in [0.5, 0.6) is 0 Å². The molecule has 40 heavy (non-hydrogen) atoms. The SMILES string of the molecule is CC[C@H](C(=O)NC1CCCC1)N(Cc1ccccc1)C(=O)CN(c1ccc(C)cc1C)S(=O)(=O)c1ccccc1. The number of nitrogens with zero attached hydrogens (tertiary/aromatic N) is 2. The molecule has 0 unspecified atom stereocenters. The number of rotatable bonds is 11. The Kier molecular flexibility index (Phi) is 9.63. The largest absolute Gasteiger partial charge is 0.352 e. The minimum atomic E-state index is -4.08. The summed E-state index contributed by atoms with van der Waals surface area (Å²) in [6.45, 7) is 5.43. The van der Waals surface area contributed by atoms with Gasteiger partial charge in [-0.15, -0.1) is 0 Å². The van der Waals surface area contributed by atoms with E-state index < -0.39 is 28.5 Å². The molecule has 0 bridgehead atoms. The molecular formula is C32H39N3O4S. The maximum absolute atomic E-state index is 14.2. The van der Waals surface area contributed by atoms with Gasteiger partial charge in [-0.05, 0) is 62.4 Å². The van der Waals surface area contributed by atoms with Crippen molar-refractivity contribution in [3.8, 4) is 0 Å². The highest BCUT2D eigenvalue weighted by atomic mass is 32.2. The van der Waals surface area contributed by atoms with Crippen molar-refractivity contribution in [3.63, 3.8) is 0 Å². The number of amides is 2. The van der Waals surface area contributed by atoms with Gasteiger partial charge in [0.1, 0.15) is 12.6 Å². The van der Waals surface area contributed by atoms with Gasteiger partial charge in [0.2, 0.25) is 11.8 Å². The Hall–Kier alpha value is -3.65. The van der Waals surface area contributed by atoms with Gasteiger partial charge in [0.05, 0.1) is 10.6 Å². The summed E-state index contributed by atoms with van der Waals surface area (Å²) in [5.74, 6) is -0.626. The number of hydrogen-bond donors (Lipinski definition) is 1. The van der Waals surface area contributed by atoms with Crippen molar-refractivity contribution >= 4 is 27.5 Å². The minimum absolute atomic E-state index is 0.100. The van der Waals surface area contributed by atoms with Crippen LogP contribution < -0.4 is 9.62 Å². The van der Waals surface area contributed by atoms with Crippen LogP contribution in [0.4, 0.5) is 5.69 Å². The van der Waals surface area contributed by atoms with Gasteiger partial charge in [-0.25, -0.2) is 8.42 Å². The zero-order chi connectivity index (χ0) is 28.7. The van der Waals surface area contributed by atoms with Crippen molar-refractivity contribution in [2.45, 2.75) is 76.4 Å². The first-order valence-corrected chi connectivity index (χ1v) is 15.4. The fraction of sp³-hybridized carbons (Fsp3) is 0.375. The lowest BCUT2D eigenvalue weighted by Crippen LogP contribution is -2.53. The molecule has 3 aromatic rings. The summed E-state index contributed by atoms with van der Waals surface area (Å²) in [4.78, 5) is 29.3. The number of aryl methyl sites for hydroxylation is 2. The Morgan fingerprint density at radius 1 is 0.925 bits per heavy atom. The van der Waals surface area contributed by atoms with E-state index in [0.717, 1.165) is 42.4 Å². The maximum Gasteiger partial charge on any atom is 0.264 e. The lowest BCUT2D eigenvalue weighted by atomic mass is 10.1. The second-order valence-corrected chi connectivity index (χ2v) is 12.4. The molecule has 0 radical (unpaired) electrons. The molecule has 0 aromatic heterocycles. The van der Waals surface area contributed by atoms with Crippen molar-refractivity contribution in [1.29, 1.82) is 0 Å². The molecule has 4 rings (SSSR count). The van der Waals surface area contributed by atoms with Gasteiger partial charge in [-0.2, -0.15) is 0 Å². The predicted molar refractivity (Wildman–Crippen MR) is 158 cm³/mol. The number of hydrogen-bond acceptors (Lipinski definition) is 4. The number of carbonyl (C=O) groups is 2. The molecule has 1 fully saturated rings. The van der Waals surface area contributed by atoms with Gasteiger partial charge in [0.15, 0.2) is 0 Å². The number of carbonyl (C=O) groups excluding carboxylic acids is 2. The van der Waals surface area contributed by atoms with Crippen LogP contribution in [-0.2, 0) is 26.2 Å². The van der Waals surface area contributed by atoms with E-state index in [-0.39, 0.29) is 23.4 Å². The molecule has 8 heteroatoms. The normalized spacial score (nSPS) is 14.5. The molecule has 7 nitrogen and oxygen atoms in total. The quantitative estimate of drug-likeness (QED) is 0.341. The van der Waals surface area contributed by atoms with E-state index in [4.69, 9.17) is 0 Å². The summed E-state index contributed by atoms with van der Waals surface area (Å²) in [5.41, 5.74) is 3.04. The zero-order valence-corrected chi connectivity index (χ0v) is 24.4. The lowest BCUT2D eigenvalue weighted by molar-refractivity contribution is -0.140. The average molecular weight is 562 g/mol. The summed E-state index contributed by atoms with van der Waals surface area (Å²) in [7, 11) is -4.08. The summed E-state index contributed by atoms with van der Waals surface area (Å²) >= 11 is 0. The summed E-state index contributed by atoms with van der Waals surface area (Å²) in [6, 6.07) is 22.5. The number of nitrogens with one attached hydrogen (secondary N) is 1. The van der Waals surface area contributed by atoms with E-state index in [9.17, 15) is 18.0 Å². The number of benzene rings is 3. The number of sulfonamides is 1. The molecule has 212 valence electrons. The molecule has 0 aliphatic heterocycles. The highest BCUT2D eigenvalue weighted by molar-refractivity contribution is 7.92. The maximum atomic E-state index is 14.2. The van der Waals surface area contributed by atoms with Crippen molar-refractivity contribution in [2.75, 3.05) is 10.8 Å². The van der Waals surface area contributed by atoms with Crippen LogP contribution in [0.15, 0.2) is 83.8 Å². The zero-order valence-electron chi connectivity index (χ0n) is 23.5. The summed E-state index contributed by atoms with van der Waals surface area (Å²) < 4.78 is 29.1. The second-order valence-electron chi connectivity index (χ2n) is 10.5. The van der Waals surface area contributed by atoms with Crippen LogP contribution in [0.2, 0.25) is 0 Å². The third kappa shape index (κ3) is 6.91. The topological polar surface area (TPSA) is 86.8 Å². The predicted octanol–water partition coefficient (Wildman–Crippen LogP) is 5.36. The van der Waals surface area contributed by atoms with Crippen molar-refractivity contribution < 1.29 is 18.0 Å². The Labute approximate surface area is 238 Å². The van der Waals surface area contributed by atoms with Gasteiger partial charge in [0, 0.05) is 12.6 Å². The Bertz CT molecular complexity index is 1400. The Morgan fingerprint density at radius 3 is 2.15 bits per heavy atom. The molecule has 0 spiro atoms. The second kappa shape index (κ2) is 13.1. The minimum Gasteiger partial charge on any atom is -0.352 e. The highest BCUT2D eigenvalue weighted by Gasteiger charge is 2.35. The molecule has 2 amide bonds. The standard InChI is InChI=1S/C32H39N3O4S/c1-4-29(32(37)33-27-15-11-12-16-27)34(22-26-13-7-5-8-14-26)31(36)23-35(30-20-19-24(2)21-25(30)3)40(38,39)28-17-9-6-10-18-28/h5-10,13-14,17-21,27,29H,4,11-12,15-16,22-23H2,1-3H3,(H,33,37)/t29-/m1/s1. The molecular weight excluding hydrogens is 522 g/mol. The van der Waals surface area contributed by atoms with Gasteiger partial charge in [-0.3, -0.25) is 13.9 Å². The fourth-order valence-electron chi connectivity index (χ4n) is 5.39. The summed E-state index contributed by atoms with van der Waals surface area (Å²) in [6.07, 6.45) is 4.44. The van der Waals surface area contributed by atoms with E-state index >= 15 is 0 Å². The molecule has 1 aliphatic carbocycles. The lowest BCUT2D eigenvalue weighted by Gasteiger charge is -2.34. The van der Waals surface area contributed by atoms with E-state index in [1.165, 1.54) is 21.3 Å². The van der Waals surface area contributed by atoms with E-state index in [1.807, 2.05) is 63.2 Å².